The Morgan fingerprint density at radius 2 is 2.00 bits per heavy atom. The van der Waals surface area contributed by atoms with Gasteiger partial charge in [0.05, 0.1) is 6.04 Å². The number of nitrogens with two attached hydrogens (primary N) is 1. The lowest BCUT2D eigenvalue weighted by molar-refractivity contribution is 0.102. The van der Waals surface area contributed by atoms with Crippen molar-refractivity contribution < 1.29 is 0 Å². The molecule has 0 aromatic heterocycles. The molecular weight excluding hydrogens is 210 g/mol. The number of hydrazine groups is 1. The Hall–Kier alpha value is -0.380. The normalized spacial score (nSPS) is 19.3. The Balaban J connectivity index is 2.87. The molecule has 1 atom stereocenters. The first-order valence-corrected chi connectivity index (χ1v) is 6.98. The van der Waals surface area contributed by atoms with Crippen LogP contribution in [0.2, 0.25) is 0 Å². The van der Waals surface area contributed by atoms with Crippen molar-refractivity contribution in [2.45, 2.75) is 65.0 Å². The van der Waals surface area contributed by atoms with Crippen LogP contribution in [0.3, 0.4) is 0 Å². The molecule has 3 nitrogen and oxygen atoms in total. The van der Waals surface area contributed by atoms with Crippen LogP contribution in [0.15, 0.2) is 11.6 Å². The highest BCUT2D eigenvalue weighted by atomic mass is 15.3. The van der Waals surface area contributed by atoms with Gasteiger partial charge in [0, 0.05) is 5.54 Å². The highest BCUT2D eigenvalue weighted by Crippen LogP contribution is 2.29. The summed E-state index contributed by atoms with van der Waals surface area (Å²) < 4.78 is 0. The summed E-state index contributed by atoms with van der Waals surface area (Å²) in [5.41, 5.74) is 4.62. The van der Waals surface area contributed by atoms with E-state index in [0.717, 1.165) is 13.1 Å². The molecule has 0 amide bonds. The summed E-state index contributed by atoms with van der Waals surface area (Å²) in [5.74, 6) is 5.82. The molecule has 1 aliphatic rings. The third-order valence-corrected chi connectivity index (χ3v) is 4.15. The van der Waals surface area contributed by atoms with E-state index in [1.807, 2.05) is 0 Å². The average molecular weight is 239 g/mol. The molecular formula is C14H29N3. The van der Waals surface area contributed by atoms with E-state index in [2.05, 4.69) is 44.1 Å². The van der Waals surface area contributed by atoms with Crippen molar-refractivity contribution in [2.75, 3.05) is 13.1 Å². The lowest BCUT2D eigenvalue weighted by atomic mass is 9.82. The molecule has 0 aromatic rings. The highest BCUT2D eigenvalue weighted by Gasteiger charge is 2.35. The maximum Gasteiger partial charge on any atom is 0.0598 e. The van der Waals surface area contributed by atoms with Crippen LogP contribution in [-0.2, 0) is 0 Å². The summed E-state index contributed by atoms with van der Waals surface area (Å²) in [5, 5.41) is 0. The van der Waals surface area contributed by atoms with E-state index in [9.17, 15) is 0 Å². The third-order valence-electron chi connectivity index (χ3n) is 4.15. The molecule has 17 heavy (non-hydrogen) atoms. The summed E-state index contributed by atoms with van der Waals surface area (Å²) >= 11 is 0. The number of nitrogens with one attached hydrogen (secondary N) is 1. The topological polar surface area (TPSA) is 41.3 Å². The highest BCUT2D eigenvalue weighted by molar-refractivity contribution is 5.19. The van der Waals surface area contributed by atoms with E-state index >= 15 is 0 Å². The van der Waals surface area contributed by atoms with E-state index in [0.29, 0.717) is 0 Å². The number of likely N-dealkylation sites (N-methyl/N-ethyl adjacent to an activating group) is 1. The summed E-state index contributed by atoms with van der Waals surface area (Å²) in [6.45, 7) is 11.1. The van der Waals surface area contributed by atoms with Crippen molar-refractivity contribution in [2.24, 2.45) is 5.84 Å². The molecule has 0 radical (unpaired) electrons. The number of allylic oxidation sites excluding steroid dienone is 1. The van der Waals surface area contributed by atoms with Gasteiger partial charge >= 0.3 is 0 Å². The molecule has 0 aromatic carbocycles. The van der Waals surface area contributed by atoms with Crippen LogP contribution in [0.5, 0.6) is 0 Å². The van der Waals surface area contributed by atoms with Gasteiger partial charge in [-0.15, -0.1) is 0 Å². The molecule has 1 rings (SSSR count). The van der Waals surface area contributed by atoms with E-state index in [-0.39, 0.29) is 11.6 Å². The second-order valence-corrected chi connectivity index (χ2v) is 5.45. The zero-order chi connectivity index (χ0) is 12.9. The van der Waals surface area contributed by atoms with Crippen molar-refractivity contribution in [1.29, 1.82) is 0 Å². The number of rotatable bonds is 6. The monoisotopic (exact) mass is 239 g/mol. The van der Waals surface area contributed by atoms with E-state index in [1.54, 1.807) is 0 Å². The van der Waals surface area contributed by atoms with Gasteiger partial charge in [-0.3, -0.25) is 16.2 Å². The predicted molar refractivity (Wildman–Crippen MR) is 74.7 cm³/mol. The quantitative estimate of drug-likeness (QED) is 0.425. The number of hydrogen-bond donors (Lipinski definition) is 2. The maximum atomic E-state index is 5.82. The Morgan fingerprint density at radius 1 is 1.35 bits per heavy atom. The summed E-state index contributed by atoms with van der Waals surface area (Å²) in [6.07, 6.45) is 7.42. The van der Waals surface area contributed by atoms with Gasteiger partial charge in [-0.25, -0.2) is 0 Å². The first-order chi connectivity index (χ1) is 8.07. The molecule has 0 spiro atoms. The molecule has 0 bridgehead atoms. The van der Waals surface area contributed by atoms with Crippen molar-refractivity contribution in [1.82, 2.24) is 10.3 Å². The standard InChI is InChI=1S/C14H29N3/c1-5-17(6-2)14(3,4)13(16-15)12-10-8-7-9-11-12/h10,13,16H,5-9,11,15H2,1-4H3. The zero-order valence-electron chi connectivity index (χ0n) is 11.9. The molecule has 3 N–H and O–H groups in total. The van der Waals surface area contributed by atoms with Crippen molar-refractivity contribution >= 4 is 0 Å². The van der Waals surface area contributed by atoms with Crippen molar-refractivity contribution in [3.63, 3.8) is 0 Å². The Bertz CT molecular complexity index is 254. The summed E-state index contributed by atoms with van der Waals surface area (Å²) in [6, 6.07) is 0.266. The summed E-state index contributed by atoms with van der Waals surface area (Å²) in [4.78, 5) is 2.48. The average Bonchev–Trinajstić information content (AvgIpc) is 2.32. The summed E-state index contributed by atoms with van der Waals surface area (Å²) in [7, 11) is 0. The van der Waals surface area contributed by atoms with Gasteiger partial charge in [0.15, 0.2) is 0 Å². The minimum absolute atomic E-state index is 0.0709. The van der Waals surface area contributed by atoms with Crippen LogP contribution in [0.25, 0.3) is 0 Å². The van der Waals surface area contributed by atoms with Crippen molar-refractivity contribution in [3.8, 4) is 0 Å². The van der Waals surface area contributed by atoms with Crippen LogP contribution < -0.4 is 11.3 Å². The van der Waals surface area contributed by atoms with Gasteiger partial charge in [0.25, 0.3) is 0 Å². The van der Waals surface area contributed by atoms with Crippen LogP contribution in [-0.4, -0.2) is 29.6 Å². The van der Waals surface area contributed by atoms with E-state index in [4.69, 9.17) is 5.84 Å². The molecule has 0 heterocycles. The SMILES string of the molecule is CCN(CC)C(C)(C)C(NN)C1=CCCCC1. The first-order valence-electron chi connectivity index (χ1n) is 6.98. The molecule has 1 unspecified atom stereocenters. The van der Waals surface area contributed by atoms with Gasteiger partial charge in [-0.2, -0.15) is 0 Å². The van der Waals surface area contributed by atoms with Crippen LogP contribution in [0, 0.1) is 0 Å². The Kier molecular flexibility index (Phi) is 5.63. The largest absolute Gasteiger partial charge is 0.297 e. The molecule has 0 saturated carbocycles. The molecule has 0 saturated heterocycles. The minimum atomic E-state index is 0.0709. The van der Waals surface area contributed by atoms with Crippen LogP contribution in [0.4, 0.5) is 0 Å². The predicted octanol–water partition coefficient (Wildman–Crippen LogP) is 2.44. The Morgan fingerprint density at radius 3 is 2.41 bits per heavy atom. The van der Waals surface area contributed by atoms with E-state index in [1.165, 1.54) is 31.3 Å². The second-order valence-electron chi connectivity index (χ2n) is 5.45. The lowest BCUT2D eigenvalue weighted by Crippen LogP contribution is -2.60. The fraction of sp³-hybridized carbons (Fsp3) is 0.857. The van der Waals surface area contributed by atoms with Gasteiger partial charge in [-0.05, 0) is 52.6 Å². The minimum Gasteiger partial charge on any atom is -0.297 e. The Labute approximate surface area is 106 Å². The van der Waals surface area contributed by atoms with Gasteiger partial charge in [-0.1, -0.05) is 25.5 Å². The van der Waals surface area contributed by atoms with Crippen LogP contribution in [0.1, 0.15) is 53.4 Å². The second kappa shape index (κ2) is 6.53. The smallest absolute Gasteiger partial charge is 0.0598 e. The molecule has 100 valence electrons. The lowest BCUT2D eigenvalue weighted by Gasteiger charge is -2.44. The molecule has 3 heteroatoms. The van der Waals surface area contributed by atoms with E-state index < -0.39 is 0 Å². The molecule has 0 aliphatic heterocycles. The third kappa shape index (κ3) is 3.30. The van der Waals surface area contributed by atoms with Gasteiger partial charge in [0.1, 0.15) is 0 Å². The number of nitrogens with zero attached hydrogens (tertiary/aromatic N) is 1. The maximum absolute atomic E-state index is 5.82. The first kappa shape index (κ1) is 14.7. The van der Waals surface area contributed by atoms with Crippen LogP contribution >= 0.6 is 0 Å². The number of hydrogen-bond acceptors (Lipinski definition) is 3. The molecule has 1 aliphatic carbocycles. The zero-order valence-corrected chi connectivity index (χ0v) is 11.9. The van der Waals surface area contributed by atoms with Crippen molar-refractivity contribution in [3.05, 3.63) is 11.6 Å². The van der Waals surface area contributed by atoms with Gasteiger partial charge < -0.3 is 0 Å². The molecule has 0 fully saturated rings. The fourth-order valence-corrected chi connectivity index (χ4v) is 3.11. The van der Waals surface area contributed by atoms with Gasteiger partial charge in [0.2, 0.25) is 0 Å². The fourth-order valence-electron chi connectivity index (χ4n) is 3.11.